The number of benzene rings is 2. The number of carbonyl (C=O) groups excluding carboxylic acids is 1. The molecule has 5 nitrogen and oxygen atoms in total. The molecule has 0 radical (unpaired) electrons. The Morgan fingerprint density at radius 3 is 2.58 bits per heavy atom. The maximum absolute atomic E-state index is 11.8. The Morgan fingerprint density at radius 1 is 1.17 bits per heavy atom. The minimum atomic E-state index is -0.277. The summed E-state index contributed by atoms with van der Waals surface area (Å²) in [6, 6.07) is 12.3. The van der Waals surface area contributed by atoms with Crippen LogP contribution in [-0.4, -0.2) is 25.3 Å². The van der Waals surface area contributed by atoms with Gasteiger partial charge in [0.1, 0.15) is 5.75 Å². The van der Waals surface area contributed by atoms with Gasteiger partial charge < -0.3 is 10.1 Å². The molecular weight excluding hydrogens is 349 g/mol. The highest BCUT2D eigenvalue weighted by Crippen LogP contribution is 2.21. The molecule has 0 aliphatic carbocycles. The Morgan fingerprint density at radius 2 is 1.88 bits per heavy atom. The number of hydrazone groups is 1. The predicted octanol–water partition coefficient (Wildman–Crippen LogP) is 3.95. The number of amides is 1. The molecule has 0 saturated heterocycles. The van der Waals surface area contributed by atoms with Gasteiger partial charge in [-0.2, -0.15) is 5.10 Å². The van der Waals surface area contributed by atoms with Gasteiger partial charge in [-0.15, -0.1) is 0 Å². The van der Waals surface area contributed by atoms with Crippen molar-refractivity contribution in [2.24, 2.45) is 5.10 Å². The van der Waals surface area contributed by atoms with E-state index in [1.165, 1.54) is 6.21 Å². The summed E-state index contributed by atoms with van der Waals surface area (Å²) in [4.78, 5) is 11.8. The molecule has 0 bridgehead atoms. The SMILES string of the molecule is CCOc1ccc(Cl)cc1/C=N\NC(=O)CNc1ccc(Cl)cc1. The number of hydrogen-bond donors (Lipinski definition) is 2. The second kappa shape index (κ2) is 9.15. The Hall–Kier alpha value is -2.24. The van der Waals surface area contributed by atoms with Gasteiger partial charge in [-0.05, 0) is 49.4 Å². The molecule has 126 valence electrons. The van der Waals surface area contributed by atoms with Gasteiger partial charge >= 0.3 is 0 Å². The maximum atomic E-state index is 11.8. The van der Waals surface area contributed by atoms with Crippen LogP contribution < -0.4 is 15.5 Å². The van der Waals surface area contributed by atoms with Crippen molar-refractivity contribution < 1.29 is 9.53 Å². The lowest BCUT2D eigenvalue weighted by Crippen LogP contribution is -2.25. The van der Waals surface area contributed by atoms with E-state index in [2.05, 4.69) is 15.8 Å². The van der Waals surface area contributed by atoms with Gasteiger partial charge in [-0.25, -0.2) is 5.43 Å². The van der Waals surface area contributed by atoms with Crippen molar-refractivity contribution in [1.29, 1.82) is 0 Å². The second-order valence-corrected chi connectivity index (χ2v) is 5.64. The zero-order valence-corrected chi connectivity index (χ0v) is 14.6. The number of carbonyl (C=O) groups is 1. The lowest BCUT2D eigenvalue weighted by molar-refractivity contribution is -0.119. The van der Waals surface area contributed by atoms with E-state index >= 15 is 0 Å². The summed E-state index contributed by atoms with van der Waals surface area (Å²) in [6.45, 7) is 2.51. The first-order valence-corrected chi connectivity index (χ1v) is 8.07. The van der Waals surface area contributed by atoms with Crippen molar-refractivity contribution in [2.75, 3.05) is 18.5 Å². The molecule has 0 unspecified atom stereocenters. The highest BCUT2D eigenvalue weighted by Gasteiger charge is 2.03. The van der Waals surface area contributed by atoms with E-state index in [-0.39, 0.29) is 12.5 Å². The van der Waals surface area contributed by atoms with Crippen molar-refractivity contribution in [3.05, 3.63) is 58.1 Å². The first-order valence-electron chi connectivity index (χ1n) is 7.32. The quantitative estimate of drug-likeness (QED) is 0.576. The Kier molecular flexibility index (Phi) is 6.90. The van der Waals surface area contributed by atoms with Crippen molar-refractivity contribution in [2.45, 2.75) is 6.92 Å². The molecule has 2 aromatic carbocycles. The summed E-state index contributed by atoms with van der Waals surface area (Å²) in [7, 11) is 0. The minimum absolute atomic E-state index is 0.0901. The molecule has 0 fully saturated rings. The normalized spacial score (nSPS) is 10.6. The number of ether oxygens (including phenoxy) is 1. The van der Waals surface area contributed by atoms with Crippen LogP contribution in [-0.2, 0) is 4.79 Å². The summed E-state index contributed by atoms with van der Waals surface area (Å²) in [5, 5.41) is 8.10. The molecule has 0 atom stereocenters. The fourth-order valence-corrected chi connectivity index (χ4v) is 2.18. The topological polar surface area (TPSA) is 62.7 Å². The smallest absolute Gasteiger partial charge is 0.259 e. The van der Waals surface area contributed by atoms with Gasteiger partial charge in [0.25, 0.3) is 5.91 Å². The number of halogens is 2. The van der Waals surface area contributed by atoms with Crippen LogP contribution >= 0.6 is 23.2 Å². The van der Waals surface area contributed by atoms with Gasteiger partial charge in [-0.3, -0.25) is 4.79 Å². The Balaban J connectivity index is 1.88. The maximum Gasteiger partial charge on any atom is 0.259 e. The number of nitrogens with zero attached hydrogens (tertiary/aromatic N) is 1. The number of nitrogens with one attached hydrogen (secondary N) is 2. The average Bonchev–Trinajstić information content (AvgIpc) is 2.57. The molecule has 0 aliphatic heterocycles. The molecule has 0 aliphatic rings. The minimum Gasteiger partial charge on any atom is -0.493 e. The molecular formula is C17H17Cl2N3O2. The highest BCUT2D eigenvalue weighted by atomic mass is 35.5. The number of rotatable bonds is 7. The fraction of sp³-hybridized carbons (Fsp3) is 0.176. The molecule has 2 aromatic rings. The summed E-state index contributed by atoms with van der Waals surface area (Å²) >= 11 is 11.8. The zero-order valence-electron chi connectivity index (χ0n) is 13.1. The summed E-state index contributed by atoms with van der Waals surface area (Å²) in [5.74, 6) is 0.375. The van der Waals surface area contributed by atoms with Crippen LogP contribution in [0.15, 0.2) is 47.6 Å². The highest BCUT2D eigenvalue weighted by molar-refractivity contribution is 6.31. The van der Waals surface area contributed by atoms with E-state index in [0.717, 1.165) is 5.69 Å². The van der Waals surface area contributed by atoms with Crippen LogP contribution in [0.1, 0.15) is 12.5 Å². The molecule has 0 aromatic heterocycles. The van der Waals surface area contributed by atoms with E-state index < -0.39 is 0 Å². The monoisotopic (exact) mass is 365 g/mol. The predicted molar refractivity (Wildman–Crippen MR) is 98.3 cm³/mol. The molecule has 1 amide bonds. The Bertz CT molecular complexity index is 718. The molecule has 2 rings (SSSR count). The fourth-order valence-electron chi connectivity index (χ4n) is 1.87. The standard InChI is InChI=1S/C17H17Cl2N3O2/c1-2-24-16-8-5-14(19)9-12(16)10-21-22-17(23)11-20-15-6-3-13(18)4-7-15/h3-10,20H,2,11H2,1H3,(H,22,23)/b21-10-. The van der Waals surface area contributed by atoms with E-state index in [0.29, 0.717) is 28.0 Å². The number of hydrogen-bond acceptors (Lipinski definition) is 4. The third-order valence-electron chi connectivity index (χ3n) is 2.96. The first-order chi connectivity index (χ1) is 11.6. The molecule has 24 heavy (non-hydrogen) atoms. The van der Waals surface area contributed by atoms with Gasteiger partial charge in [0, 0.05) is 21.3 Å². The summed E-state index contributed by atoms with van der Waals surface area (Å²) < 4.78 is 5.48. The van der Waals surface area contributed by atoms with Crippen LogP contribution in [0.2, 0.25) is 10.0 Å². The van der Waals surface area contributed by atoms with Crippen molar-refractivity contribution in [3.63, 3.8) is 0 Å². The third-order valence-corrected chi connectivity index (χ3v) is 3.45. The van der Waals surface area contributed by atoms with Crippen LogP contribution in [0.4, 0.5) is 5.69 Å². The van der Waals surface area contributed by atoms with Gasteiger partial charge in [-0.1, -0.05) is 23.2 Å². The van der Waals surface area contributed by atoms with E-state index in [1.54, 1.807) is 42.5 Å². The van der Waals surface area contributed by atoms with Crippen LogP contribution in [0.25, 0.3) is 0 Å². The van der Waals surface area contributed by atoms with Crippen molar-refractivity contribution >= 4 is 41.0 Å². The van der Waals surface area contributed by atoms with Crippen LogP contribution in [0, 0.1) is 0 Å². The summed E-state index contributed by atoms with van der Waals surface area (Å²) in [5.41, 5.74) is 3.93. The van der Waals surface area contributed by atoms with Crippen molar-refractivity contribution in [1.82, 2.24) is 5.43 Å². The van der Waals surface area contributed by atoms with Gasteiger partial charge in [0.2, 0.25) is 0 Å². The average molecular weight is 366 g/mol. The number of anilines is 1. The molecule has 7 heteroatoms. The lowest BCUT2D eigenvalue weighted by Gasteiger charge is -2.07. The summed E-state index contributed by atoms with van der Waals surface area (Å²) in [6.07, 6.45) is 1.50. The largest absolute Gasteiger partial charge is 0.493 e. The van der Waals surface area contributed by atoms with E-state index in [9.17, 15) is 4.79 Å². The first kappa shape index (κ1) is 18.1. The van der Waals surface area contributed by atoms with E-state index in [4.69, 9.17) is 27.9 Å². The molecule has 0 heterocycles. The van der Waals surface area contributed by atoms with Crippen LogP contribution in [0.5, 0.6) is 5.75 Å². The Labute approximate surface area is 150 Å². The third kappa shape index (κ3) is 5.76. The molecule has 0 saturated carbocycles. The van der Waals surface area contributed by atoms with Crippen molar-refractivity contribution in [3.8, 4) is 5.75 Å². The zero-order chi connectivity index (χ0) is 17.4. The second-order valence-electron chi connectivity index (χ2n) is 4.77. The van der Waals surface area contributed by atoms with Gasteiger partial charge in [0.05, 0.1) is 19.4 Å². The molecule has 2 N–H and O–H groups in total. The van der Waals surface area contributed by atoms with Gasteiger partial charge in [0.15, 0.2) is 0 Å². The van der Waals surface area contributed by atoms with E-state index in [1.807, 2.05) is 6.92 Å². The lowest BCUT2D eigenvalue weighted by atomic mass is 10.2. The molecule has 0 spiro atoms. The van der Waals surface area contributed by atoms with Crippen LogP contribution in [0.3, 0.4) is 0 Å².